The minimum absolute atomic E-state index is 0.269. The summed E-state index contributed by atoms with van der Waals surface area (Å²) >= 11 is 0. The summed E-state index contributed by atoms with van der Waals surface area (Å²) in [6.45, 7) is 2.27. The average Bonchev–Trinajstić information content (AvgIpc) is 1.35. The van der Waals surface area contributed by atoms with E-state index in [1.165, 1.54) is 0 Å². The molecule has 0 aliphatic rings. The van der Waals surface area contributed by atoms with Gasteiger partial charge in [0.15, 0.2) is 0 Å². The second kappa shape index (κ2) is 3.12. The number of aliphatic hydroxyl groups excluding tert-OH is 1. The summed E-state index contributed by atoms with van der Waals surface area (Å²) in [5.74, 6) is 0. The lowest BCUT2D eigenvalue weighted by Crippen LogP contribution is -2.13. The quantitative estimate of drug-likeness (QED) is 0.489. The fourth-order valence-electron chi connectivity index (χ4n) is 0.264. The number of hydrogen-bond acceptors (Lipinski definition) is 1. The molecule has 0 saturated heterocycles. The van der Waals surface area contributed by atoms with Crippen LogP contribution in [0.15, 0.2) is 0 Å². The number of hydrogen-bond donors (Lipinski definition) is 1. The maximum Gasteiger partial charge on any atom is 0.0653 e. The van der Waals surface area contributed by atoms with E-state index in [0.717, 1.165) is 0 Å². The Morgan fingerprint density at radius 1 is 1.83 bits per heavy atom. The molecular formula is C4H10NO. The van der Waals surface area contributed by atoms with Crippen LogP contribution in [0.5, 0.6) is 0 Å². The lowest BCUT2D eigenvalue weighted by molar-refractivity contribution is 0.193. The van der Waals surface area contributed by atoms with Crippen LogP contribution in [-0.4, -0.2) is 24.8 Å². The minimum atomic E-state index is -0.269. The third-order valence-corrected chi connectivity index (χ3v) is 0.447. The molecule has 37 valence electrons. The van der Waals surface area contributed by atoms with Crippen molar-refractivity contribution in [1.82, 2.24) is 5.32 Å². The second-order valence-corrected chi connectivity index (χ2v) is 1.35. The molecule has 2 nitrogen and oxygen atoms in total. The fourth-order valence-corrected chi connectivity index (χ4v) is 0.264. The summed E-state index contributed by atoms with van der Waals surface area (Å²) < 4.78 is 0. The Morgan fingerprint density at radius 3 is 2.33 bits per heavy atom. The number of likely N-dealkylation sites (N-methyl/N-ethyl adjacent to an activating group) is 1. The van der Waals surface area contributed by atoms with Gasteiger partial charge in [0.05, 0.1) is 6.10 Å². The van der Waals surface area contributed by atoms with Crippen LogP contribution in [0.2, 0.25) is 0 Å². The number of aliphatic hydroxyl groups is 1. The van der Waals surface area contributed by atoms with E-state index in [1.54, 1.807) is 14.0 Å². The molecule has 0 fully saturated rings. The van der Waals surface area contributed by atoms with Crippen LogP contribution in [0.25, 0.3) is 0 Å². The largest absolute Gasteiger partial charge is 0.392 e. The molecule has 1 N–H and O–H groups in total. The maximum absolute atomic E-state index is 8.46. The fraction of sp³-hybridized carbons (Fsp3) is 1.00. The van der Waals surface area contributed by atoms with Gasteiger partial charge in [0, 0.05) is 13.6 Å². The SMILES string of the molecule is C[N]CC(C)O. The van der Waals surface area contributed by atoms with Crippen LogP contribution < -0.4 is 5.32 Å². The number of nitrogens with zero attached hydrogens (tertiary/aromatic N) is 1. The highest BCUT2D eigenvalue weighted by molar-refractivity contribution is 4.44. The summed E-state index contributed by atoms with van der Waals surface area (Å²) in [6, 6.07) is 0. The monoisotopic (exact) mass is 88.1 g/mol. The van der Waals surface area contributed by atoms with Crippen LogP contribution >= 0.6 is 0 Å². The molecule has 0 aromatic carbocycles. The van der Waals surface area contributed by atoms with Crippen molar-refractivity contribution in [2.75, 3.05) is 13.6 Å². The Morgan fingerprint density at radius 2 is 2.33 bits per heavy atom. The Kier molecular flexibility index (Phi) is 3.08. The first-order valence-corrected chi connectivity index (χ1v) is 2.01. The van der Waals surface area contributed by atoms with Crippen molar-refractivity contribution in [2.24, 2.45) is 0 Å². The van der Waals surface area contributed by atoms with Crippen molar-refractivity contribution >= 4 is 0 Å². The van der Waals surface area contributed by atoms with Crippen molar-refractivity contribution in [2.45, 2.75) is 13.0 Å². The molecular weight excluding hydrogens is 78.0 g/mol. The van der Waals surface area contributed by atoms with E-state index < -0.39 is 0 Å². The molecule has 1 radical (unpaired) electrons. The molecule has 0 spiro atoms. The Balaban J connectivity index is 2.63. The summed E-state index contributed by atoms with van der Waals surface area (Å²) in [6.07, 6.45) is -0.269. The molecule has 0 bridgehead atoms. The van der Waals surface area contributed by atoms with Crippen molar-refractivity contribution in [3.63, 3.8) is 0 Å². The highest BCUT2D eigenvalue weighted by Crippen LogP contribution is 1.71. The van der Waals surface area contributed by atoms with Gasteiger partial charge in [0.2, 0.25) is 0 Å². The van der Waals surface area contributed by atoms with Gasteiger partial charge in [-0.1, -0.05) is 0 Å². The van der Waals surface area contributed by atoms with Crippen molar-refractivity contribution in [3.05, 3.63) is 0 Å². The predicted molar refractivity (Wildman–Crippen MR) is 24.6 cm³/mol. The summed E-state index contributed by atoms with van der Waals surface area (Å²) in [7, 11) is 1.69. The third-order valence-electron chi connectivity index (χ3n) is 0.447. The number of rotatable bonds is 2. The zero-order valence-electron chi connectivity index (χ0n) is 4.18. The lowest BCUT2D eigenvalue weighted by Gasteiger charge is -1.95. The van der Waals surface area contributed by atoms with Gasteiger partial charge >= 0.3 is 0 Å². The first-order chi connectivity index (χ1) is 2.77. The average molecular weight is 88.1 g/mol. The molecule has 2 heteroatoms. The maximum atomic E-state index is 8.46. The van der Waals surface area contributed by atoms with E-state index >= 15 is 0 Å². The van der Waals surface area contributed by atoms with Gasteiger partial charge in [-0.2, -0.15) is 0 Å². The summed E-state index contributed by atoms with van der Waals surface area (Å²) in [4.78, 5) is 0. The Hall–Kier alpha value is -0.0800. The van der Waals surface area contributed by atoms with Crippen molar-refractivity contribution in [1.29, 1.82) is 0 Å². The molecule has 0 rings (SSSR count). The molecule has 0 aliphatic heterocycles. The highest BCUT2D eigenvalue weighted by atomic mass is 16.3. The standard InChI is InChI=1S/C4H10NO/c1-4(6)3-5-2/h4,6H,3H2,1-2H3. The molecule has 0 aliphatic carbocycles. The Labute approximate surface area is 38.2 Å². The van der Waals surface area contributed by atoms with E-state index in [0.29, 0.717) is 6.54 Å². The normalized spacial score (nSPS) is 14.5. The van der Waals surface area contributed by atoms with Crippen LogP contribution in [-0.2, 0) is 0 Å². The first kappa shape index (κ1) is 5.92. The van der Waals surface area contributed by atoms with Gasteiger partial charge in [0.25, 0.3) is 0 Å². The minimum Gasteiger partial charge on any atom is -0.392 e. The van der Waals surface area contributed by atoms with Crippen LogP contribution in [0.1, 0.15) is 6.92 Å². The van der Waals surface area contributed by atoms with Gasteiger partial charge in [-0.05, 0) is 6.92 Å². The van der Waals surface area contributed by atoms with Gasteiger partial charge < -0.3 is 5.11 Å². The Bertz CT molecular complexity index is 28.7. The molecule has 1 atom stereocenters. The summed E-state index contributed by atoms with van der Waals surface area (Å²) in [5, 5.41) is 12.1. The van der Waals surface area contributed by atoms with Gasteiger partial charge in [-0.25, -0.2) is 5.32 Å². The second-order valence-electron chi connectivity index (χ2n) is 1.35. The topological polar surface area (TPSA) is 34.3 Å². The van der Waals surface area contributed by atoms with Gasteiger partial charge in [-0.15, -0.1) is 0 Å². The van der Waals surface area contributed by atoms with E-state index in [9.17, 15) is 0 Å². The predicted octanol–water partition coefficient (Wildman–Crippen LogP) is -0.399. The van der Waals surface area contributed by atoms with Gasteiger partial charge in [0.1, 0.15) is 0 Å². The van der Waals surface area contributed by atoms with Crippen LogP contribution in [0, 0.1) is 0 Å². The molecule has 6 heavy (non-hydrogen) atoms. The molecule has 0 aromatic heterocycles. The van der Waals surface area contributed by atoms with Crippen molar-refractivity contribution in [3.8, 4) is 0 Å². The lowest BCUT2D eigenvalue weighted by atomic mass is 10.4. The van der Waals surface area contributed by atoms with E-state index in [1.807, 2.05) is 0 Å². The third kappa shape index (κ3) is 3.92. The smallest absolute Gasteiger partial charge is 0.0653 e. The molecule has 1 unspecified atom stereocenters. The molecule has 0 saturated carbocycles. The van der Waals surface area contributed by atoms with Crippen LogP contribution in [0.3, 0.4) is 0 Å². The molecule has 0 aromatic rings. The van der Waals surface area contributed by atoms with Crippen molar-refractivity contribution < 1.29 is 5.11 Å². The van der Waals surface area contributed by atoms with E-state index in [4.69, 9.17) is 5.11 Å². The van der Waals surface area contributed by atoms with Gasteiger partial charge in [-0.3, -0.25) is 0 Å². The molecule has 0 heterocycles. The zero-order chi connectivity index (χ0) is 4.99. The van der Waals surface area contributed by atoms with E-state index in [-0.39, 0.29) is 6.10 Å². The molecule has 0 amide bonds. The van der Waals surface area contributed by atoms with Crippen LogP contribution in [0.4, 0.5) is 0 Å². The first-order valence-electron chi connectivity index (χ1n) is 2.01. The summed E-state index contributed by atoms with van der Waals surface area (Å²) in [5.41, 5.74) is 0. The highest BCUT2D eigenvalue weighted by Gasteiger charge is 1.87. The zero-order valence-corrected chi connectivity index (χ0v) is 4.18. The van der Waals surface area contributed by atoms with E-state index in [2.05, 4.69) is 5.32 Å².